The molecule has 0 aromatic heterocycles. The van der Waals surface area contributed by atoms with Crippen LogP contribution < -0.4 is 0 Å². The first-order valence-electron chi connectivity index (χ1n) is 8.30. The van der Waals surface area contributed by atoms with E-state index in [9.17, 15) is 9.18 Å². The second-order valence-electron chi connectivity index (χ2n) is 6.52. The van der Waals surface area contributed by atoms with E-state index in [4.69, 9.17) is 16.3 Å². The average Bonchev–Trinajstić information content (AvgIpc) is 2.84. The summed E-state index contributed by atoms with van der Waals surface area (Å²) in [5.74, 6) is -0.182. The van der Waals surface area contributed by atoms with Crippen LogP contribution in [0.1, 0.15) is 37.2 Å². The quantitative estimate of drug-likeness (QED) is 0.765. The average molecular weight is 339 g/mol. The number of carbonyl (C=O) groups excluding carboxylic acids is 1. The lowest BCUT2D eigenvalue weighted by molar-refractivity contribution is -0.150. The topological polar surface area (TPSA) is 29.5 Å². The van der Waals surface area contributed by atoms with Crippen LogP contribution in [0.25, 0.3) is 0 Å². The molecule has 2 aliphatic rings. The molecular weight excluding hydrogens is 316 g/mol. The number of piperidine rings is 1. The van der Waals surface area contributed by atoms with Crippen molar-refractivity contribution in [2.75, 3.05) is 20.3 Å². The van der Waals surface area contributed by atoms with Crippen molar-refractivity contribution >= 4 is 17.6 Å². The van der Waals surface area contributed by atoms with Crippen LogP contribution in [0.4, 0.5) is 4.39 Å². The molecule has 0 spiro atoms. The van der Waals surface area contributed by atoms with Crippen LogP contribution in [0.15, 0.2) is 24.3 Å². The van der Waals surface area contributed by atoms with Gasteiger partial charge >= 0.3 is 5.97 Å². The van der Waals surface area contributed by atoms with Crippen molar-refractivity contribution < 1.29 is 13.9 Å². The molecule has 1 aromatic carbocycles. The fourth-order valence-electron chi connectivity index (χ4n) is 4.41. The molecule has 3 rings (SSSR count). The van der Waals surface area contributed by atoms with Gasteiger partial charge < -0.3 is 4.74 Å². The number of nitrogens with zero attached hydrogens (tertiary/aromatic N) is 1. The maximum absolute atomic E-state index is 12.6. The van der Waals surface area contributed by atoms with Crippen LogP contribution >= 0.6 is 11.6 Å². The Bertz CT molecular complexity index is 550. The van der Waals surface area contributed by atoms with Crippen LogP contribution in [-0.4, -0.2) is 43.3 Å². The fourth-order valence-corrected chi connectivity index (χ4v) is 4.54. The van der Waals surface area contributed by atoms with Crippen molar-refractivity contribution in [1.82, 2.24) is 4.90 Å². The Balaban J connectivity index is 1.88. The van der Waals surface area contributed by atoms with Gasteiger partial charge in [-0.15, -0.1) is 0 Å². The lowest BCUT2D eigenvalue weighted by Crippen LogP contribution is -2.51. The molecule has 2 fully saturated rings. The number of hydrogen-bond donors (Lipinski definition) is 0. The molecule has 2 heterocycles. The summed E-state index contributed by atoms with van der Waals surface area (Å²) in [6, 6.07) is 8.38. The third kappa shape index (κ3) is 3.24. The molecule has 23 heavy (non-hydrogen) atoms. The predicted octanol–water partition coefficient (Wildman–Crippen LogP) is 3.81. The highest BCUT2D eigenvalue weighted by molar-refractivity contribution is 6.30. The van der Waals surface area contributed by atoms with Gasteiger partial charge in [-0.05, 0) is 43.4 Å². The van der Waals surface area contributed by atoms with Crippen LogP contribution in [0.5, 0.6) is 0 Å². The first-order chi connectivity index (χ1) is 11.2. The zero-order chi connectivity index (χ0) is 16.4. The number of methoxy groups -OCH3 is 1. The highest BCUT2D eigenvalue weighted by atomic mass is 35.5. The summed E-state index contributed by atoms with van der Waals surface area (Å²) < 4.78 is 17.7. The molecule has 4 atom stereocenters. The molecule has 5 heteroatoms. The van der Waals surface area contributed by atoms with Gasteiger partial charge in [0.15, 0.2) is 0 Å². The van der Waals surface area contributed by atoms with Crippen LogP contribution in [0, 0.1) is 5.92 Å². The van der Waals surface area contributed by atoms with E-state index >= 15 is 0 Å². The van der Waals surface area contributed by atoms with E-state index in [-0.39, 0.29) is 30.5 Å². The number of fused-ring (bicyclic) bond motifs is 2. The number of carbonyl (C=O) groups is 1. The maximum atomic E-state index is 12.6. The van der Waals surface area contributed by atoms with Crippen molar-refractivity contribution in [3.8, 4) is 0 Å². The van der Waals surface area contributed by atoms with Crippen LogP contribution in [0.2, 0.25) is 5.02 Å². The second-order valence-corrected chi connectivity index (χ2v) is 6.96. The Hall–Kier alpha value is -1.13. The highest BCUT2D eigenvalue weighted by Crippen LogP contribution is 2.47. The molecule has 2 aliphatic heterocycles. The Morgan fingerprint density at radius 1 is 1.35 bits per heavy atom. The first kappa shape index (κ1) is 16.7. The molecule has 2 bridgehead atoms. The van der Waals surface area contributed by atoms with E-state index in [2.05, 4.69) is 4.90 Å². The summed E-state index contributed by atoms with van der Waals surface area (Å²) in [5, 5.41) is 0.701. The lowest BCUT2D eigenvalue weighted by Gasteiger charge is -2.43. The fraction of sp³-hybridized carbons (Fsp3) is 0.611. The highest BCUT2D eigenvalue weighted by Gasteiger charge is 2.50. The normalized spacial score (nSPS) is 30.4. The number of rotatable bonds is 5. The monoisotopic (exact) mass is 338 g/mol. The molecule has 1 aromatic rings. The minimum atomic E-state index is -0.306. The van der Waals surface area contributed by atoms with Gasteiger partial charge in [-0.1, -0.05) is 23.7 Å². The summed E-state index contributed by atoms with van der Waals surface area (Å²) in [6.07, 6.45) is 3.52. The van der Waals surface area contributed by atoms with Crippen LogP contribution in [0.3, 0.4) is 0 Å². The smallest absolute Gasteiger partial charge is 0.310 e. The predicted molar refractivity (Wildman–Crippen MR) is 88.4 cm³/mol. The Morgan fingerprint density at radius 3 is 2.74 bits per heavy atom. The molecule has 0 N–H and O–H groups in total. The molecule has 0 saturated carbocycles. The largest absolute Gasteiger partial charge is 0.469 e. The van der Waals surface area contributed by atoms with Gasteiger partial charge in [-0.3, -0.25) is 14.1 Å². The zero-order valence-electron chi connectivity index (χ0n) is 13.4. The molecule has 2 unspecified atom stereocenters. The van der Waals surface area contributed by atoms with Crippen molar-refractivity contribution in [2.45, 2.75) is 43.7 Å². The van der Waals surface area contributed by atoms with E-state index in [1.165, 1.54) is 7.11 Å². The van der Waals surface area contributed by atoms with Gasteiger partial charge in [0.2, 0.25) is 0 Å². The van der Waals surface area contributed by atoms with Gasteiger partial charge in [-0.25, -0.2) is 0 Å². The van der Waals surface area contributed by atoms with Gasteiger partial charge in [0.25, 0.3) is 0 Å². The standard InChI is InChI=1S/C18H23ClFNO2/c1-23-18(22)17-15(12-3-5-13(19)6-4-12)11-14-7-8-16(17)21(14)10-2-9-20/h3-6,14-17H,2,7-11H2,1H3/t14?,15-,16?,17+/m1/s1/i20-1. The van der Waals surface area contributed by atoms with Gasteiger partial charge in [0.05, 0.1) is 19.7 Å². The third-order valence-corrected chi connectivity index (χ3v) is 5.64. The number of esters is 1. The van der Waals surface area contributed by atoms with E-state index in [1.807, 2.05) is 24.3 Å². The molecular formula is C18H23ClFNO2. The molecule has 0 amide bonds. The molecule has 126 valence electrons. The molecule has 2 saturated heterocycles. The van der Waals surface area contributed by atoms with E-state index < -0.39 is 0 Å². The Kier molecular flexibility index (Phi) is 5.22. The van der Waals surface area contributed by atoms with Gasteiger partial charge in [0.1, 0.15) is 0 Å². The zero-order valence-corrected chi connectivity index (χ0v) is 14.1. The third-order valence-electron chi connectivity index (χ3n) is 5.39. The minimum Gasteiger partial charge on any atom is -0.469 e. The maximum Gasteiger partial charge on any atom is 0.310 e. The number of alkyl halides is 1. The second kappa shape index (κ2) is 7.18. The van der Waals surface area contributed by atoms with Crippen molar-refractivity contribution in [3.63, 3.8) is 0 Å². The summed E-state index contributed by atoms with van der Waals surface area (Å²) in [5.41, 5.74) is 1.15. The minimum absolute atomic E-state index is 0.152. The van der Waals surface area contributed by atoms with Crippen molar-refractivity contribution in [1.29, 1.82) is 0 Å². The Morgan fingerprint density at radius 2 is 2.09 bits per heavy atom. The summed E-state index contributed by atoms with van der Waals surface area (Å²) in [6.45, 7) is 0.423. The summed E-state index contributed by atoms with van der Waals surface area (Å²) in [4.78, 5) is 14.8. The summed E-state index contributed by atoms with van der Waals surface area (Å²) >= 11 is 5.99. The van der Waals surface area contributed by atoms with Crippen molar-refractivity contribution in [2.24, 2.45) is 5.92 Å². The van der Waals surface area contributed by atoms with E-state index in [0.717, 1.165) is 31.4 Å². The van der Waals surface area contributed by atoms with Gasteiger partial charge in [-0.2, -0.15) is 0 Å². The number of ether oxygens (including phenoxy) is 1. The molecule has 0 aliphatic carbocycles. The summed E-state index contributed by atoms with van der Waals surface area (Å²) in [7, 11) is 1.45. The molecule has 3 nitrogen and oxygen atoms in total. The SMILES string of the molecule is COC(=O)[C@@H]1C2CCC(C[C@@H]1c1ccc(Cl)cc1)N2CCC[18F]. The van der Waals surface area contributed by atoms with Crippen molar-refractivity contribution in [3.05, 3.63) is 34.9 Å². The number of halogens is 2. The van der Waals surface area contributed by atoms with E-state index in [0.29, 0.717) is 17.5 Å². The number of benzene rings is 1. The van der Waals surface area contributed by atoms with Gasteiger partial charge in [0, 0.05) is 29.6 Å². The van der Waals surface area contributed by atoms with E-state index in [1.54, 1.807) is 0 Å². The lowest BCUT2D eigenvalue weighted by atomic mass is 9.76. The Labute approximate surface area is 141 Å². The van der Waals surface area contributed by atoms with Crippen LogP contribution in [-0.2, 0) is 9.53 Å². The number of hydrogen-bond acceptors (Lipinski definition) is 3. The first-order valence-corrected chi connectivity index (χ1v) is 8.68. The molecule has 0 radical (unpaired) electrons.